The van der Waals surface area contributed by atoms with Crippen LogP contribution in [0.1, 0.15) is 49.4 Å². The zero-order valence-electron chi connectivity index (χ0n) is 14.7. The molecule has 3 rings (SSSR count). The molecule has 2 atom stereocenters. The number of amides is 1. The Bertz CT molecular complexity index is 697. The highest BCUT2D eigenvalue weighted by atomic mass is 32.2. The maximum absolute atomic E-state index is 12.8. The molecule has 0 spiro atoms. The van der Waals surface area contributed by atoms with Crippen LogP contribution in [0.5, 0.6) is 0 Å². The van der Waals surface area contributed by atoms with Gasteiger partial charge in [0.1, 0.15) is 0 Å². The van der Waals surface area contributed by atoms with Crippen LogP contribution in [0.2, 0.25) is 0 Å². The molecule has 138 valence electrons. The standard InChI is InChI=1S/C18H27N3O3S/c1-14-5-2-3-12-21(14)25(23,24)17-9-7-15(8-10-17)18(22)20-16-6-4-11-19-13-16/h7-10,14,16,19H,2-6,11-13H2,1H3,(H,20,22). The molecule has 2 unspecified atom stereocenters. The van der Waals surface area contributed by atoms with Crippen LogP contribution >= 0.6 is 0 Å². The lowest BCUT2D eigenvalue weighted by Gasteiger charge is -2.32. The number of hydrogen-bond acceptors (Lipinski definition) is 4. The summed E-state index contributed by atoms with van der Waals surface area (Å²) >= 11 is 0. The number of carbonyl (C=O) groups is 1. The number of nitrogens with one attached hydrogen (secondary N) is 2. The number of hydrogen-bond donors (Lipinski definition) is 2. The fraction of sp³-hybridized carbons (Fsp3) is 0.611. The molecule has 0 aliphatic carbocycles. The van der Waals surface area contributed by atoms with Gasteiger partial charge in [0.25, 0.3) is 5.91 Å². The van der Waals surface area contributed by atoms with Gasteiger partial charge in [-0.05, 0) is 63.4 Å². The highest BCUT2D eigenvalue weighted by Crippen LogP contribution is 2.25. The van der Waals surface area contributed by atoms with Crippen molar-refractivity contribution in [3.8, 4) is 0 Å². The molecule has 0 bridgehead atoms. The van der Waals surface area contributed by atoms with Crippen molar-refractivity contribution in [1.82, 2.24) is 14.9 Å². The quantitative estimate of drug-likeness (QED) is 0.852. The van der Waals surface area contributed by atoms with Crippen LogP contribution in [-0.2, 0) is 10.0 Å². The second kappa shape index (κ2) is 7.85. The van der Waals surface area contributed by atoms with Crippen molar-refractivity contribution in [2.75, 3.05) is 19.6 Å². The zero-order valence-corrected chi connectivity index (χ0v) is 15.5. The summed E-state index contributed by atoms with van der Waals surface area (Å²) in [7, 11) is -3.49. The topological polar surface area (TPSA) is 78.5 Å². The molecule has 0 aromatic heterocycles. The van der Waals surface area contributed by atoms with Gasteiger partial charge in [-0.2, -0.15) is 4.31 Å². The Labute approximate surface area is 150 Å². The minimum absolute atomic E-state index is 0.0283. The highest BCUT2D eigenvalue weighted by molar-refractivity contribution is 7.89. The molecule has 0 radical (unpaired) electrons. The fourth-order valence-corrected chi connectivity index (χ4v) is 5.29. The minimum atomic E-state index is -3.49. The summed E-state index contributed by atoms with van der Waals surface area (Å²) in [4.78, 5) is 12.6. The van der Waals surface area contributed by atoms with E-state index < -0.39 is 10.0 Å². The number of carbonyl (C=O) groups excluding carboxylic acids is 1. The average molecular weight is 365 g/mol. The van der Waals surface area contributed by atoms with Crippen molar-refractivity contribution in [3.05, 3.63) is 29.8 Å². The van der Waals surface area contributed by atoms with E-state index in [0.717, 1.165) is 45.2 Å². The van der Waals surface area contributed by atoms with Crippen molar-refractivity contribution < 1.29 is 13.2 Å². The van der Waals surface area contributed by atoms with E-state index in [9.17, 15) is 13.2 Å². The van der Waals surface area contributed by atoms with E-state index >= 15 is 0 Å². The van der Waals surface area contributed by atoms with E-state index in [1.807, 2.05) is 6.92 Å². The first-order valence-corrected chi connectivity index (χ1v) is 10.6. The van der Waals surface area contributed by atoms with Crippen LogP contribution in [0.4, 0.5) is 0 Å². The lowest BCUT2D eigenvalue weighted by molar-refractivity contribution is 0.0930. The van der Waals surface area contributed by atoms with Crippen molar-refractivity contribution in [1.29, 1.82) is 0 Å². The second-order valence-electron chi connectivity index (χ2n) is 7.00. The number of piperidine rings is 2. The molecule has 1 amide bonds. The fourth-order valence-electron chi connectivity index (χ4n) is 3.59. The Morgan fingerprint density at radius 1 is 1.16 bits per heavy atom. The van der Waals surface area contributed by atoms with Gasteiger partial charge in [-0.25, -0.2) is 8.42 Å². The second-order valence-corrected chi connectivity index (χ2v) is 8.89. The Morgan fingerprint density at radius 2 is 1.92 bits per heavy atom. The monoisotopic (exact) mass is 365 g/mol. The summed E-state index contributed by atoms with van der Waals surface area (Å²) in [5.74, 6) is -0.149. The van der Waals surface area contributed by atoms with Gasteiger partial charge in [-0.1, -0.05) is 6.42 Å². The van der Waals surface area contributed by atoms with Gasteiger partial charge >= 0.3 is 0 Å². The zero-order chi connectivity index (χ0) is 17.9. The van der Waals surface area contributed by atoms with Crippen molar-refractivity contribution >= 4 is 15.9 Å². The first-order valence-electron chi connectivity index (χ1n) is 9.12. The third-order valence-electron chi connectivity index (χ3n) is 5.10. The van der Waals surface area contributed by atoms with E-state index in [2.05, 4.69) is 10.6 Å². The maximum Gasteiger partial charge on any atom is 0.251 e. The van der Waals surface area contributed by atoms with Crippen molar-refractivity contribution in [2.24, 2.45) is 0 Å². The predicted octanol–water partition coefficient (Wildman–Crippen LogP) is 1.73. The number of sulfonamides is 1. The largest absolute Gasteiger partial charge is 0.348 e. The van der Waals surface area contributed by atoms with Crippen molar-refractivity contribution in [3.63, 3.8) is 0 Å². The Balaban J connectivity index is 1.69. The van der Waals surface area contributed by atoms with Gasteiger partial charge in [-0.3, -0.25) is 4.79 Å². The Morgan fingerprint density at radius 3 is 2.56 bits per heavy atom. The summed E-state index contributed by atoms with van der Waals surface area (Å²) in [5.41, 5.74) is 0.496. The third kappa shape index (κ3) is 4.22. The summed E-state index contributed by atoms with van der Waals surface area (Å²) in [6.45, 7) is 4.30. The summed E-state index contributed by atoms with van der Waals surface area (Å²) in [5, 5.41) is 6.26. The maximum atomic E-state index is 12.8. The molecule has 6 nitrogen and oxygen atoms in total. The number of benzene rings is 1. The molecule has 1 aromatic carbocycles. The van der Waals surface area contributed by atoms with Gasteiger partial charge in [0.05, 0.1) is 4.90 Å². The SMILES string of the molecule is CC1CCCCN1S(=O)(=O)c1ccc(C(=O)NC2CCCNC2)cc1. The third-order valence-corrected chi connectivity index (χ3v) is 7.13. The summed E-state index contributed by atoms with van der Waals surface area (Å²) in [6.07, 6.45) is 4.89. The van der Waals surface area contributed by atoms with E-state index in [1.165, 1.54) is 0 Å². The summed E-state index contributed by atoms with van der Waals surface area (Å²) in [6, 6.07) is 6.47. The van der Waals surface area contributed by atoms with Crippen LogP contribution in [0.25, 0.3) is 0 Å². The molecular weight excluding hydrogens is 338 g/mol. The van der Waals surface area contributed by atoms with Gasteiger partial charge in [0.2, 0.25) is 10.0 Å². The minimum Gasteiger partial charge on any atom is -0.348 e. The van der Waals surface area contributed by atoms with Crippen LogP contribution in [-0.4, -0.2) is 50.3 Å². The van der Waals surface area contributed by atoms with Crippen molar-refractivity contribution in [2.45, 2.75) is 56.0 Å². The predicted molar refractivity (Wildman–Crippen MR) is 97.0 cm³/mol. The molecule has 2 saturated heterocycles. The van der Waals surface area contributed by atoms with Crippen LogP contribution in [0, 0.1) is 0 Å². The average Bonchev–Trinajstić information content (AvgIpc) is 2.63. The number of nitrogens with zero attached hydrogens (tertiary/aromatic N) is 1. The van der Waals surface area contributed by atoms with E-state index in [-0.39, 0.29) is 22.9 Å². The smallest absolute Gasteiger partial charge is 0.251 e. The molecule has 7 heteroatoms. The molecule has 2 aliphatic rings. The lowest BCUT2D eigenvalue weighted by atomic mass is 10.1. The molecule has 1 aromatic rings. The van der Waals surface area contributed by atoms with E-state index in [0.29, 0.717) is 12.1 Å². The van der Waals surface area contributed by atoms with Gasteiger partial charge in [0.15, 0.2) is 0 Å². The van der Waals surface area contributed by atoms with Gasteiger partial charge in [-0.15, -0.1) is 0 Å². The first kappa shape index (κ1) is 18.4. The Hall–Kier alpha value is -1.44. The normalized spacial score (nSPS) is 25.5. The lowest BCUT2D eigenvalue weighted by Crippen LogP contribution is -2.45. The molecule has 2 heterocycles. The summed E-state index contributed by atoms with van der Waals surface area (Å²) < 4.78 is 27.2. The van der Waals surface area contributed by atoms with E-state index in [4.69, 9.17) is 0 Å². The first-order chi connectivity index (χ1) is 12.0. The van der Waals surface area contributed by atoms with Crippen LogP contribution in [0.3, 0.4) is 0 Å². The molecular formula is C18H27N3O3S. The van der Waals surface area contributed by atoms with Gasteiger partial charge in [0, 0.05) is 30.7 Å². The number of rotatable bonds is 4. The van der Waals surface area contributed by atoms with E-state index in [1.54, 1.807) is 28.6 Å². The molecule has 2 fully saturated rings. The Kier molecular flexibility index (Phi) is 5.76. The van der Waals surface area contributed by atoms with Crippen LogP contribution in [0.15, 0.2) is 29.2 Å². The van der Waals surface area contributed by atoms with Crippen LogP contribution < -0.4 is 10.6 Å². The molecule has 0 saturated carbocycles. The van der Waals surface area contributed by atoms with Gasteiger partial charge < -0.3 is 10.6 Å². The highest BCUT2D eigenvalue weighted by Gasteiger charge is 2.31. The molecule has 2 N–H and O–H groups in total. The molecule has 2 aliphatic heterocycles. The molecule has 25 heavy (non-hydrogen) atoms.